The highest BCUT2D eigenvalue weighted by molar-refractivity contribution is 7.17. The lowest BCUT2D eigenvalue weighted by Crippen LogP contribution is -2.50. The second-order valence-corrected chi connectivity index (χ2v) is 5.64. The van der Waals surface area contributed by atoms with Crippen molar-refractivity contribution >= 4 is 28.3 Å². The Morgan fingerprint density at radius 2 is 2.00 bits per heavy atom. The van der Waals surface area contributed by atoms with Crippen LogP contribution < -0.4 is 5.73 Å². The molecule has 0 aromatic carbocycles. The molecule has 1 saturated heterocycles. The molecular formula is C12H18N4O3S. The second kappa shape index (κ2) is 6.19. The average Bonchev–Trinajstić information content (AvgIpc) is 2.77. The maximum absolute atomic E-state index is 12.3. The number of hydrogen-bond donors (Lipinski definition) is 1. The van der Waals surface area contributed by atoms with Crippen LogP contribution in [0.4, 0.5) is 5.13 Å². The van der Waals surface area contributed by atoms with Crippen molar-refractivity contribution in [1.82, 2.24) is 14.8 Å². The third-order valence-electron chi connectivity index (χ3n) is 3.25. The number of carbonyl (C=O) groups is 2. The molecule has 0 saturated carbocycles. The van der Waals surface area contributed by atoms with Crippen molar-refractivity contribution in [3.63, 3.8) is 0 Å². The number of nitrogens with zero attached hydrogens (tertiary/aromatic N) is 3. The Morgan fingerprint density at radius 1 is 1.35 bits per heavy atom. The van der Waals surface area contributed by atoms with E-state index in [0.29, 0.717) is 41.9 Å². The number of amides is 1. The van der Waals surface area contributed by atoms with Crippen molar-refractivity contribution < 1.29 is 14.3 Å². The molecule has 20 heavy (non-hydrogen) atoms. The first kappa shape index (κ1) is 14.7. The molecule has 1 fully saturated rings. The predicted molar refractivity (Wildman–Crippen MR) is 75.6 cm³/mol. The number of nitrogen functional groups attached to an aromatic ring is 1. The summed E-state index contributed by atoms with van der Waals surface area (Å²) in [5.41, 5.74) is 6.29. The van der Waals surface area contributed by atoms with Gasteiger partial charge in [-0.25, -0.2) is 4.98 Å². The maximum Gasteiger partial charge on any atom is 0.319 e. The van der Waals surface area contributed by atoms with Crippen LogP contribution >= 0.6 is 11.3 Å². The summed E-state index contributed by atoms with van der Waals surface area (Å²) < 4.78 is 4.63. The van der Waals surface area contributed by atoms with E-state index in [0.717, 1.165) is 0 Å². The number of esters is 1. The summed E-state index contributed by atoms with van der Waals surface area (Å²) in [5, 5.41) is 0.412. The van der Waals surface area contributed by atoms with Crippen LogP contribution in [-0.2, 0) is 9.53 Å². The predicted octanol–water partition coefficient (Wildman–Crippen LogP) is -0.0355. The third-order valence-corrected chi connectivity index (χ3v) is 4.22. The first-order chi connectivity index (χ1) is 9.51. The molecule has 0 unspecified atom stereocenters. The van der Waals surface area contributed by atoms with Crippen LogP contribution in [0.1, 0.15) is 15.4 Å². The fraction of sp³-hybridized carbons (Fsp3) is 0.583. The van der Waals surface area contributed by atoms with E-state index in [4.69, 9.17) is 5.73 Å². The first-order valence-electron chi connectivity index (χ1n) is 6.32. The zero-order valence-corrected chi connectivity index (χ0v) is 12.4. The lowest BCUT2D eigenvalue weighted by Gasteiger charge is -2.33. The number of carbonyl (C=O) groups excluding carboxylic acids is 2. The summed E-state index contributed by atoms with van der Waals surface area (Å²) in [7, 11) is 1.37. The minimum Gasteiger partial charge on any atom is -0.468 e. The minimum atomic E-state index is -0.254. The molecule has 8 heteroatoms. The van der Waals surface area contributed by atoms with Gasteiger partial charge >= 0.3 is 5.97 Å². The number of anilines is 1. The van der Waals surface area contributed by atoms with Crippen molar-refractivity contribution in [3.05, 3.63) is 10.6 Å². The standard InChI is InChI=1S/C12H18N4O3S/c1-8-10(20-12(13)14-8)11(18)16-5-3-15(4-6-16)7-9(17)19-2/h3-7H2,1-2H3,(H2,13,14). The van der Waals surface area contributed by atoms with E-state index in [1.807, 2.05) is 4.90 Å². The number of hydrogen-bond acceptors (Lipinski definition) is 7. The lowest BCUT2D eigenvalue weighted by molar-refractivity contribution is -0.142. The molecular weight excluding hydrogens is 280 g/mol. The normalized spacial score (nSPS) is 16.2. The van der Waals surface area contributed by atoms with Gasteiger partial charge in [-0.3, -0.25) is 14.5 Å². The van der Waals surface area contributed by atoms with Crippen LogP contribution in [0.15, 0.2) is 0 Å². The molecule has 7 nitrogen and oxygen atoms in total. The van der Waals surface area contributed by atoms with Crippen molar-refractivity contribution in [2.45, 2.75) is 6.92 Å². The molecule has 1 aromatic rings. The Balaban J connectivity index is 1.92. The molecule has 1 aliphatic heterocycles. The number of nitrogens with two attached hydrogens (primary N) is 1. The van der Waals surface area contributed by atoms with Gasteiger partial charge in [-0.2, -0.15) is 0 Å². The van der Waals surface area contributed by atoms with Crippen LogP contribution in [0.3, 0.4) is 0 Å². The molecule has 0 atom stereocenters. The quantitative estimate of drug-likeness (QED) is 0.788. The van der Waals surface area contributed by atoms with Gasteiger partial charge in [-0.1, -0.05) is 11.3 Å². The Labute approximate surface area is 121 Å². The Bertz CT molecular complexity index is 509. The lowest BCUT2D eigenvalue weighted by atomic mass is 10.2. The van der Waals surface area contributed by atoms with Crippen molar-refractivity contribution in [2.75, 3.05) is 45.6 Å². The highest BCUT2D eigenvalue weighted by Crippen LogP contribution is 2.22. The number of thiazole rings is 1. The Hall–Kier alpha value is -1.67. The van der Waals surface area contributed by atoms with Crippen molar-refractivity contribution in [3.8, 4) is 0 Å². The number of rotatable bonds is 3. The first-order valence-corrected chi connectivity index (χ1v) is 7.14. The molecule has 2 N–H and O–H groups in total. The molecule has 0 aliphatic carbocycles. The molecule has 0 radical (unpaired) electrons. The van der Waals surface area contributed by atoms with Gasteiger partial charge in [0.25, 0.3) is 5.91 Å². The van der Waals surface area contributed by atoms with Crippen LogP contribution in [0.2, 0.25) is 0 Å². The summed E-state index contributed by atoms with van der Waals surface area (Å²) in [6.07, 6.45) is 0. The van der Waals surface area contributed by atoms with Crippen molar-refractivity contribution in [1.29, 1.82) is 0 Å². The Morgan fingerprint density at radius 3 is 2.50 bits per heavy atom. The van der Waals surface area contributed by atoms with E-state index < -0.39 is 0 Å². The van der Waals surface area contributed by atoms with Gasteiger partial charge in [0.2, 0.25) is 0 Å². The van der Waals surface area contributed by atoms with Crippen LogP contribution in [0.5, 0.6) is 0 Å². The van der Waals surface area contributed by atoms with Gasteiger partial charge in [-0.15, -0.1) is 0 Å². The summed E-state index contributed by atoms with van der Waals surface area (Å²) in [5.74, 6) is -0.287. The molecule has 2 heterocycles. The van der Waals surface area contributed by atoms with Crippen LogP contribution in [0, 0.1) is 6.92 Å². The van der Waals surface area contributed by atoms with Gasteiger partial charge in [0.05, 0.1) is 19.3 Å². The summed E-state index contributed by atoms with van der Waals surface area (Å²) in [6, 6.07) is 0. The van der Waals surface area contributed by atoms with Crippen LogP contribution in [-0.4, -0.2) is 66.5 Å². The fourth-order valence-corrected chi connectivity index (χ4v) is 2.92. The third kappa shape index (κ3) is 3.26. The number of piperazine rings is 1. The monoisotopic (exact) mass is 298 g/mol. The topological polar surface area (TPSA) is 88.8 Å². The van der Waals surface area contributed by atoms with Crippen LogP contribution in [0.25, 0.3) is 0 Å². The van der Waals surface area contributed by atoms with Gasteiger partial charge in [-0.05, 0) is 6.92 Å². The van der Waals surface area contributed by atoms with Gasteiger partial charge in [0.1, 0.15) is 4.88 Å². The molecule has 1 amide bonds. The van der Waals surface area contributed by atoms with Crippen molar-refractivity contribution in [2.24, 2.45) is 0 Å². The highest BCUT2D eigenvalue weighted by Gasteiger charge is 2.25. The number of aromatic nitrogens is 1. The Kier molecular flexibility index (Phi) is 4.56. The zero-order valence-electron chi connectivity index (χ0n) is 11.6. The summed E-state index contributed by atoms with van der Waals surface area (Å²) in [4.78, 5) is 32.0. The largest absolute Gasteiger partial charge is 0.468 e. The smallest absolute Gasteiger partial charge is 0.319 e. The van der Waals surface area contributed by atoms with E-state index in [1.165, 1.54) is 18.4 Å². The summed E-state index contributed by atoms with van der Waals surface area (Å²) >= 11 is 1.22. The number of aryl methyl sites for hydroxylation is 1. The van der Waals surface area contributed by atoms with Gasteiger partial charge in [0, 0.05) is 26.2 Å². The molecule has 1 aliphatic rings. The molecule has 2 rings (SSSR count). The molecule has 110 valence electrons. The minimum absolute atomic E-state index is 0.0329. The zero-order chi connectivity index (χ0) is 14.7. The summed E-state index contributed by atoms with van der Waals surface area (Å²) in [6.45, 7) is 4.56. The number of methoxy groups -OCH3 is 1. The van der Waals surface area contributed by atoms with Gasteiger partial charge in [0.15, 0.2) is 5.13 Å². The van der Waals surface area contributed by atoms with E-state index in [1.54, 1.807) is 11.8 Å². The van der Waals surface area contributed by atoms with E-state index in [2.05, 4.69) is 9.72 Å². The fourth-order valence-electron chi connectivity index (χ4n) is 2.12. The highest BCUT2D eigenvalue weighted by atomic mass is 32.1. The maximum atomic E-state index is 12.3. The average molecular weight is 298 g/mol. The second-order valence-electron chi connectivity index (χ2n) is 4.61. The SMILES string of the molecule is COC(=O)CN1CCN(C(=O)c2sc(N)nc2C)CC1. The van der Waals surface area contributed by atoms with E-state index >= 15 is 0 Å². The molecule has 0 spiro atoms. The van der Waals surface area contributed by atoms with E-state index in [-0.39, 0.29) is 18.4 Å². The van der Waals surface area contributed by atoms with E-state index in [9.17, 15) is 9.59 Å². The van der Waals surface area contributed by atoms with Gasteiger partial charge < -0.3 is 15.4 Å². The molecule has 0 bridgehead atoms. The number of ether oxygens (including phenoxy) is 1. The molecule has 1 aromatic heterocycles.